The molecule has 6 heteroatoms. The fourth-order valence-electron chi connectivity index (χ4n) is 8.59. The van der Waals surface area contributed by atoms with Crippen LogP contribution in [0, 0.1) is 35.5 Å². The Hall–Kier alpha value is -0.360. The van der Waals surface area contributed by atoms with E-state index in [4.69, 9.17) is 20.0 Å². The summed E-state index contributed by atoms with van der Waals surface area (Å²) in [5.74, 6) is 5.82. The molecule has 5 saturated carbocycles. The Labute approximate surface area is 221 Å². The third kappa shape index (κ3) is 3.87. The Morgan fingerprint density at radius 2 is 0.912 bits per heavy atom. The highest BCUT2D eigenvalue weighted by Crippen LogP contribution is 2.52. The first-order valence-electron chi connectivity index (χ1n) is 14.3. The first-order valence-corrected chi connectivity index (χ1v) is 16.1. The van der Waals surface area contributed by atoms with Crippen molar-refractivity contribution in [3.63, 3.8) is 0 Å². The Bertz CT molecular complexity index is 862. The molecule has 0 amide bonds. The van der Waals surface area contributed by atoms with Crippen molar-refractivity contribution in [2.24, 2.45) is 55.5 Å². The summed E-state index contributed by atoms with van der Waals surface area (Å²) in [6.45, 7) is 0. The Morgan fingerprint density at radius 1 is 0.500 bits per heavy atom. The summed E-state index contributed by atoms with van der Waals surface area (Å²) >= 11 is 7.69. The van der Waals surface area contributed by atoms with Gasteiger partial charge in [-0.15, -0.1) is 0 Å². The second kappa shape index (κ2) is 9.19. The average molecular weight is 590 g/mol. The topological polar surface area (TPSA) is 49.4 Å². The third-order valence-corrected chi connectivity index (χ3v) is 12.1. The molecule has 7 aliphatic rings. The molecule has 4 nitrogen and oxygen atoms in total. The van der Waals surface area contributed by atoms with Crippen molar-refractivity contribution in [1.29, 1.82) is 0 Å². The van der Waals surface area contributed by atoms with Crippen molar-refractivity contribution >= 4 is 55.0 Å². The molecule has 5 aliphatic carbocycles. The van der Waals surface area contributed by atoms with Crippen LogP contribution in [0.1, 0.15) is 89.9 Å². The fourth-order valence-corrected chi connectivity index (χ4v) is 9.65. The minimum atomic E-state index is 0.457. The monoisotopic (exact) mass is 588 g/mol. The number of nitrogens with zero attached hydrogens (tertiary/aromatic N) is 4. The van der Waals surface area contributed by atoms with Crippen molar-refractivity contribution < 1.29 is 0 Å². The van der Waals surface area contributed by atoms with Gasteiger partial charge >= 0.3 is 0 Å². The Morgan fingerprint density at radius 3 is 1.32 bits per heavy atom. The molecule has 5 fully saturated rings. The van der Waals surface area contributed by atoms with Crippen LogP contribution in [0.15, 0.2) is 20.0 Å². The van der Waals surface area contributed by atoms with Gasteiger partial charge in [0.1, 0.15) is 11.7 Å². The molecule has 34 heavy (non-hydrogen) atoms. The van der Waals surface area contributed by atoms with Crippen LogP contribution in [0.5, 0.6) is 0 Å². The van der Waals surface area contributed by atoms with Crippen molar-refractivity contribution in [2.75, 3.05) is 0 Å². The molecule has 2 aliphatic heterocycles. The number of hydrogen-bond donors (Lipinski definition) is 0. The maximum Gasteiger partial charge on any atom is 0.126 e. The summed E-state index contributed by atoms with van der Waals surface area (Å²) in [4.78, 5) is 23.2. The van der Waals surface area contributed by atoms with E-state index in [2.05, 4.69) is 31.9 Å². The van der Waals surface area contributed by atoms with Crippen molar-refractivity contribution in [1.82, 2.24) is 0 Å². The molecule has 0 aromatic heterocycles. The molecule has 184 valence electrons. The van der Waals surface area contributed by atoms with Gasteiger partial charge in [-0.25, -0.2) is 9.98 Å². The van der Waals surface area contributed by atoms with Gasteiger partial charge in [-0.05, 0) is 77.0 Å². The number of fused-ring (bicyclic) bond motifs is 2. The predicted octanol–water partition coefficient (Wildman–Crippen LogP) is 7.18. The normalized spacial score (nSPS) is 47.9. The lowest BCUT2D eigenvalue weighted by atomic mass is 9.54. The van der Waals surface area contributed by atoms with Crippen LogP contribution in [-0.2, 0) is 0 Å². The van der Waals surface area contributed by atoms with Crippen LogP contribution in [0.2, 0.25) is 0 Å². The van der Waals surface area contributed by atoms with Gasteiger partial charge in [0.25, 0.3) is 0 Å². The first-order chi connectivity index (χ1) is 16.7. The van der Waals surface area contributed by atoms with Crippen molar-refractivity contribution in [2.45, 2.75) is 112 Å². The van der Waals surface area contributed by atoms with E-state index in [0.717, 1.165) is 0 Å². The molecular formula is C28H38Br2N4. The minimum Gasteiger partial charge on any atom is -0.266 e. The lowest BCUT2D eigenvalue weighted by Gasteiger charge is -2.53. The van der Waals surface area contributed by atoms with Gasteiger partial charge in [0.05, 0.1) is 12.1 Å². The van der Waals surface area contributed by atoms with Gasteiger partial charge in [-0.1, -0.05) is 44.7 Å². The summed E-state index contributed by atoms with van der Waals surface area (Å²) in [7, 11) is 0. The zero-order chi connectivity index (χ0) is 22.8. The highest BCUT2D eigenvalue weighted by atomic mass is 79.9. The van der Waals surface area contributed by atoms with E-state index < -0.39 is 0 Å². The van der Waals surface area contributed by atoms with E-state index in [1.54, 1.807) is 11.4 Å². The van der Waals surface area contributed by atoms with Gasteiger partial charge in [-0.3, -0.25) is 9.98 Å². The summed E-state index contributed by atoms with van der Waals surface area (Å²) in [5.41, 5.74) is 3.10. The molecule has 0 N–H and O–H groups in total. The summed E-state index contributed by atoms with van der Waals surface area (Å²) in [5, 5.41) is 0. The van der Waals surface area contributed by atoms with Gasteiger partial charge in [0, 0.05) is 56.6 Å². The van der Waals surface area contributed by atoms with E-state index in [1.807, 2.05) is 0 Å². The number of hydrogen-bond acceptors (Lipinski definition) is 4. The summed E-state index contributed by atoms with van der Waals surface area (Å²) < 4.78 is 0. The van der Waals surface area contributed by atoms with Crippen LogP contribution in [0.4, 0.5) is 0 Å². The lowest BCUT2D eigenvalue weighted by Crippen LogP contribution is -2.59. The largest absolute Gasteiger partial charge is 0.266 e. The number of amidine groups is 2. The van der Waals surface area contributed by atoms with Crippen LogP contribution in [0.3, 0.4) is 0 Å². The SMILES string of the molecule is BrC1CCC(C2=NC3CCCC4C5=NC(C6CCC(Br)CC6)=NC6CCCC(C(=N2)C34)C56)CC1. The maximum absolute atomic E-state index is 5.51. The van der Waals surface area contributed by atoms with Gasteiger partial charge < -0.3 is 0 Å². The van der Waals surface area contributed by atoms with Gasteiger partial charge in [0.2, 0.25) is 0 Å². The summed E-state index contributed by atoms with van der Waals surface area (Å²) in [6.07, 6.45) is 17.7. The van der Waals surface area contributed by atoms with Crippen molar-refractivity contribution in [3.05, 3.63) is 0 Å². The number of halogens is 2. The minimum absolute atomic E-state index is 0.457. The molecule has 7 rings (SSSR count). The molecule has 6 unspecified atom stereocenters. The van der Waals surface area contributed by atoms with E-state index in [0.29, 0.717) is 57.2 Å². The molecule has 0 bridgehead atoms. The maximum atomic E-state index is 5.51. The van der Waals surface area contributed by atoms with E-state index in [1.165, 1.54) is 102 Å². The Kier molecular flexibility index (Phi) is 6.16. The second-order valence-corrected chi connectivity index (χ2v) is 14.8. The van der Waals surface area contributed by atoms with Crippen LogP contribution in [-0.4, -0.2) is 44.8 Å². The fraction of sp³-hybridized carbons (Fsp3) is 0.857. The molecule has 0 spiro atoms. The zero-order valence-electron chi connectivity index (χ0n) is 20.2. The Balaban J connectivity index is 1.23. The first kappa shape index (κ1) is 22.8. The predicted molar refractivity (Wildman–Crippen MR) is 148 cm³/mol. The van der Waals surface area contributed by atoms with Crippen LogP contribution in [0.25, 0.3) is 0 Å². The lowest BCUT2D eigenvalue weighted by molar-refractivity contribution is 0.234. The van der Waals surface area contributed by atoms with Gasteiger partial charge in [0.15, 0.2) is 0 Å². The number of rotatable bonds is 2. The molecular weight excluding hydrogens is 552 g/mol. The van der Waals surface area contributed by atoms with Crippen LogP contribution >= 0.6 is 31.9 Å². The van der Waals surface area contributed by atoms with Crippen molar-refractivity contribution in [3.8, 4) is 0 Å². The van der Waals surface area contributed by atoms with E-state index >= 15 is 0 Å². The third-order valence-electron chi connectivity index (χ3n) is 10.3. The number of alkyl halides is 2. The molecule has 6 atom stereocenters. The standard InChI is InChI=1S/C28H38Br2N4/c29-17-11-7-15(8-12-17)27-31-21-5-1-3-19-23(21)26(34-27)20-4-2-6-22-24(20)25(19)33-28(32-22)16-9-13-18(30)14-10-16/h15-24H,1-14H2. The molecule has 0 aromatic carbocycles. The van der Waals surface area contributed by atoms with Gasteiger partial charge in [-0.2, -0.15) is 0 Å². The summed E-state index contributed by atoms with van der Waals surface area (Å²) in [6, 6.07) is 0.913. The van der Waals surface area contributed by atoms with Crippen LogP contribution < -0.4 is 0 Å². The van der Waals surface area contributed by atoms with E-state index in [9.17, 15) is 0 Å². The average Bonchev–Trinajstić information content (AvgIpc) is 2.87. The molecule has 2 heterocycles. The highest BCUT2D eigenvalue weighted by molar-refractivity contribution is 9.09. The molecule has 0 saturated heterocycles. The molecule has 0 aromatic rings. The van der Waals surface area contributed by atoms with E-state index in [-0.39, 0.29) is 0 Å². The highest BCUT2D eigenvalue weighted by Gasteiger charge is 2.55. The number of aliphatic imine (C=N–C) groups is 4. The molecule has 0 radical (unpaired) electrons. The zero-order valence-corrected chi connectivity index (χ0v) is 23.4. The smallest absolute Gasteiger partial charge is 0.126 e. The quantitative estimate of drug-likeness (QED) is 0.306. The second-order valence-electron chi connectivity index (χ2n) is 12.2.